The van der Waals surface area contributed by atoms with Gasteiger partial charge in [-0.2, -0.15) is 0 Å². The molecule has 2 aromatic rings. The molecular formula is C13H13N3O2. The van der Waals surface area contributed by atoms with E-state index < -0.39 is 5.97 Å². The van der Waals surface area contributed by atoms with E-state index in [1.807, 2.05) is 30.3 Å². The molecule has 1 heterocycles. The quantitative estimate of drug-likeness (QED) is 0.855. The minimum Gasteiger partial charge on any atom is -0.477 e. The van der Waals surface area contributed by atoms with E-state index in [1.54, 1.807) is 6.92 Å². The predicted octanol–water partition coefficient (Wildman–Crippen LogP) is 1.66. The van der Waals surface area contributed by atoms with Gasteiger partial charge < -0.3 is 10.8 Å². The zero-order valence-electron chi connectivity index (χ0n) is 9.92. The van der Waals surface area contributed by atoms with Crippen LogP contribution in [0.2, 0.25) is 0 Å². The standard InChI is InChI=1S/C13H13N3O2/c1-8-11(13(17)18)12(14)16-10(15-8)7-9-5-3-2-4-6-9/h2-6H,7H2,1H3,(H,17,18)(H2,14,15,16). The third-order valence-corrected chi connectivity index (χ3v) is 2.58. The molecule has 5 heteroatoms. The molecule has 3 N–H and O–H groups in total. The van der Waals surface area contributed by atoms with Gasteiger partial charge in [0.15, 0.2) is 0 Å². The Labute approximate surface area is 104 Å². The molecule has 0 aliphatic heterocycles. The lowest BCUT2D eigenvalue weighted by molar-refractivity contribution is 0.0696. The first-order valence-corrected chi connectivity index (χ1v) is 5.48. The molecule has 0 amide bonds. The Bertz CT molecular complexity index is 559. The molecule has 2 rings (SSSR count). The third-order valence-electron chi connectivity index (χ3n) is 2.58. The molecule has 92 valence electrons. The van der Waals surface area contributed by atoms with Crippen LogP contribution in [0.5, 0.6) is 0 Å². The molecule has 0 spiro atoms. The second-order valence-electron chi connectivity index (χ2n) is 3.95. The van der Waals surface area contributed by atoms with E-state index >= 15 is 0 Å². The van der Waals surface area contributed by atoms with Gasteiger partial charge in [0.1, 0.15) is 17.2 Å². The number of carboxylic acids is 1. The highest BCUT2D eigenvalue weighted by molar-refractivity contribution is 5.93. The Balaban J connectivity index is 2.34. The Morgan fingerprint density at radius 2 is 1.94 bits per heavy atom. The largest absolute Gasteiger partial charge is 0.477 e. The van der Waals surface area contributed by atoms with Crippen LogP contribution in [0.15, 0.2) is 30.3 Å². The predicted molar refractivity (Wildman–Crippen MR) is 67.4 cm³/mol. The van der Waals surface area contributed by atoms with Gasteiger partial charge in [0.05, 0.1) is 5.69 Å². The topological polar surface area (TPSA) is 89.1 Å². The number of benzene rings is 1. The number of aromatic nitrogens is 2. The normalized spacial score (nSPS) is 10.3. The van der Waals surface area contributed by atoms with Crippen molar-refractivity contribution >= 4 is 11.8 Å². The second-order valence-corrected chi connectivity index (χ2v) is 3.95. The van der Waals surface area contributed by atoms with E-state index in [4.69, 9.17) is 10.8 Å². The summed E-state index contributed by atoms with van der Waals surface area (Å²) >= 11 is 0. The molecule has 0 aliphatic carbocycles. The number of nitrogens with zero attached hydrogens (tertiary/aromatic N) is 2. The van der Waals surface area contributed by atoms with E-state index in [0.29, 0.717) is 17.9 Å². The summed E-state index contributed by atoms with van der Waals surface area (Å²) in [7, 11) is 0. The van der Waals surface area contributed by atoms with Crippen LogP contribution in [-0.2, 0) is 6.42 Å². The first-order valence-electron chi connectivity index (χ1n) is 5.48. The molecule has 1 aromatic heterocycles. The van der Waals surface area contributed by atoms with Gasteiger partial charge in [-0.1, -0.05) is 30.3 Å². The maximum absolute atomic E-state index is 11.0. The van der Waals surface area contributed by atoms with Crippen molar-refractivity contribution in [2.75, 3.05) is 5.73 Å². The van der Waals surface area contributed by atoms with Crippen LogP contribution in [0.25, 0.3) is 0 Å². The fraction of sp³-hybridized carbons (Fsp3) is 0.154. The lowest BCUT2D eigenvalue weighted by atomic mass is 10.1. The molecule has 0 radical (unpaired) electrons. The van der Waals surface area contributed by atoms with Crippen LogP contribution < -0.4 is 5.73 Å². The first kappa shape index (κ1) is 12.0. The maximum Gasteiger partial charge on any atom is 0.341 e. The van der Waals surface area contributed by atoms with Gasteiger partial charge in [0, 0.05) is 6.42 Å². The summed E-state index contributed by atoms with van der Waals surface area (Å²) in [6.45, 7) is 1.62. The summed E-state index contributed by atoms with van der Waals surface area (Å²) in [6.07, 6.45) is 0.534. The van der Waals surface area contributed by atoms with E-state index in [0.717, 1.165) is 5.56 Å². The molecule has 0 saturated heterocycles. The van der Waals surface area contributed by atoms with E-state index in [9.17, 15) is 4.79 Å². The van der Waals surface area contributed by atoms with Crippen molar-refractivity contribution in [2.24, 2.45) is 0 Å². The van der Waals surface area contributed by atoms with Crippen molar-refractivity contribution < 1.29 is 9.90 Å². The lowest BCUT2D eigenvalue weighted by Crippen LogP contribution is -2.12. The van der Waals surface area contributed by atoms with Crippen LogP contribution in [-0.4, -0.2) is 21.0 Å². The fourth-order valence-corrected chi connectivity index (χ4v) is 1.78. The third kappa shape index (κ3) is 2.45. The number of nitrogen functional groups attached to an aromatic ring is 1. The lowest BCUT2D eigenvalue weighted by Gasteiger charge is -2.07. The SMILES string of the molecule is Cc1nc(Cc2ccccc2)nc(N)c1C(=O)O. The Morgan fingerprint density at radius 1 is 1.28 bits per heavy atom. The number of nitrogens with two attached hydrogens (primary N) is 1. The number of hydrogen-bond acceptors (Lipinski definition) is 4. The number of anilines is 1. The zero-order chi connectivity index (χ0) is 13.1. The summed E-state index contributed by atoms with van der Waals surface area (Å²) in [5.74, 6) is -0.557. The van der Waals surface area contributed by atoms with Crippen molar-refractivity contribution in [2.45, 2.75) is 13.3 Å². The number of carbonyl (C=O) groups is 1. The van der Waals surface area contributed by atoms with Crippen molar-refractivity contribution in [1.82, 2.24) is 9.97 Å². The van der Waals surface area contributed by atoms with Crippen LogP contribution in [0, 0.1) is 6.92 Å². The summed E-state index contributed by atoms with van der Waals surface area (Å²) in [5.41, 5.74) is 7.07. The summed E-state index contributed by atoms with van der Waals surface area (Å²) in [6, 6.07) is 9.70. The monoisotopic (exact) mass is 243 g/mol. The van der Waals surface area contributed by atoms with E-state index in [1.165, 1.54) is 0 Å². The van der Waals surface area contributed by atoms with Gasteiger partial charge in [-0.15, -0.1) is 0 Å². The Morgan fingerprint density at radius 3 is 2.50 bits per heavy atom. The first-order chi connectivity index (χ1) is 8.58. The molecule has 0 unspecified atom stereocenters. The van der Waals surface area contributed by atoms with Crippen LogP contribution in [0.3, 0.4) is 0 Å². The molecule has 5 nitrogen and oxygen atoms in total. The summed E-state index contributed by atoms with van der Waals surface area (Å²) in [5, 5.41) is 8.97. The van der Waals surface area contributed by atoms with Crippen molar-refractivity contribution in [1.29, 1.82) is 0 Å². The molecular weight excluding hydrogens is 230 g/mol. The molecule has 0 aliphatic rings. The molecule has 18 heavy (non-hydrogen) atoms. The highest BCUT2D eigenvalue weighted by Gasteiger charge is 2.15. The average molecular weight is 243 g/mol. The maximum atomic E-state index is 11.0. The number of aryl methyl sites for hydroxylation is 1. The van der Waals surface area contributed by atoms with Crippen LogP contribution in [0.1, 0.15) is 27.4 Å². The Kier molecular flexibility index (Phi) is 3.23. The molecule has 0 saturated carbocycles. The highest BCUT2D eigenvalue weighted by Crippen LogP contribution is 2.14. The summed E-state index contributed by atoms with van der Waals surface area (Å²) < 4.78 is 0. The van der Waals surface area contributed by atoms with E-state index in [2.05, 4.69) is 9.97 Å². The number of rotatable bonds is 3. The summed E-state index contributed by atoms with van der Waals surface area (Å²) in [4.78, 5) is 19.2. The van der Waals surface area contributed by atoms with Gasteiger partial charge in [0.2, 0.25) is 0 Å². The van der Waals surface area contributed by atoms with Crippen LogP contribution >= 0.6 is 0 Å². The van der Waals surface area contributed by atoms with Gasteiger partial charge in [-0.05, 0) is 12.5 Å². The molecule has 1 aromatic carbocycles. The highest BCUT2D eigenvalue weighted by atomic mass is 16.4. The second kappa shape index (κ2) is 4.83. The van der Waals surface area contributed by atoms with Gasteiger partial charge in [0.25, 0.3) is 0 Å². The fourth-order valence-electron chi connectivity index (χ4n) is 1.78. The zero-order valence-corrected chi connectivity index (χ0v) is 9.92. The van der Waals surface area contributed by atoms with Crippen molar-refractivity contribution in [3.8, 4) is 0 Å². The number of carboxylic acid groups (broad SMARTS) is 1. The van der Waals surface area contributed by atoms with E-state index in [-0.39, 0.29) is 11.4 Å². The minimum absolute atomic E-state index is 0.0148. The average Bonchev–Trinajstić information content (AvgIpc) is 2.28. The molecule has 0 bridgehead atoms. The minimum atomic E-state index is -1.10. The number of hydrogen-bond donors (Lipinski definition) is 2. The van der Waals surface area contributed by atoms with Gasteiger partial charge in [-0.25, -0.2) is 14.8 Å². The smallest absolute Gasteiger partial charge is 0.341 e. The van der Waals surface area contributed by atoms with Crippen molar-refractivity contribution in [3.05, 3.63) is 53.0 Å². The molecule has 0 fully saturated rings. The Hall–Kier alpha value is -2.43. The van der Waals surface area contributed by atoms with Gasteiger partial charge in [-0.3, -0.25) is 0 Å². The van der Waals surface area contributed by atoms with Crippen molar-refractivity contribution in [3.63, 3.8) is 0 Å². The molecule has 0 atom stereocenters. The van der Waals surface area contributed by atoms with Crippen LogP contribution in [0.4, 0.5) is 5.82 Å². The van der Waals surface area contributed by atoms with Gasteiger partial charge >= 0.3 is 5.97 Å². The number of aromatic carboxylic acids is 1.